The minimum Gasteiger partial charge on any atom is -0.496 e. The quantitative estimate of drug-likeness (QED) is 0.739. The molecule has 2 rings (SSSR count). The lowest BCUT2D eigenvalue weighted by atomic mass is 10.1. The van der Waals surface area contributed by atoms with Gasteiger partial charge in [0.1, 0.15) is 5.75 Å². The molecular formula is C21H27NO4. The maximum Gasteiger partial charge on any atom is 0.225 e. The van der Waals surface area contributed by atoms with E-state index in [0.29, 0.717) is 24.7 Å². The van der Waals surface area contributed by atoms with Crippen molar-refractivity contribution in [2.45, 2.75) is 33.2 Å². The van der Waals surface area contributed by atoms with Gasteiger partial charge in [-0.1, -0.05) is 24.3 Å². The number of rotatable bonds is 9. The molecule has 1 unspecified atom stereocenters. The number of carbonyl (C=O) groups is 1. The molecule has 0 heterocycles. The van der Waals surface area contributed by atoms with Crippen molar-refractivity contribution in [2.75, 3.05) is 20.3 Å². The molecule has 0 aliphatic carbocycles. The minimum atomic E-state index is -0.146. The van der Waals surface area contributed by atoms with Gasteiger partial charge in [-0.05, 0) is 44.5 Å². The Bertz CT molecular complexity index is 730. The molecule has 0 radical (unpaired) electrons. The van der Waals surface area contributed by atoms with Crippen LogP contribution in [0.25, 0.3) is 0 Å². The zero-order valence-corrected chi connectivity index (χ0v) is 15.9. The second-order valence-electron chi connectivity index (χ2n) is 5.85. The highest BCUT2D eigenvalue weighted by molar-refractivity contribution is 5.79. The van der Waals surface area contributed by atoms with Gasteiger partial charge in [0.05, 0.1) is 32.8 Å². The van der Waals surface area contributed by atoms with Crippen LogP contribution in [0.1, 0.15) is 37.9 Å². The maximum absolute atomic E-state index is 12.4. The zero-order valence-electron chi connectivity index (χ0n) is 15.9. The van der Waals surface area contributed by atoms with E-state index in [1.165, 1.54) is 0 Å². The van der Waals surface area contributed by atoms with E-state index in [9.17, 15) is 4.79 Å². The second kappa shape index (κ2) is 9.70. The van der Waals surface area contributed by atoms with E-state index >= 15 is 0 Å². The summed E-state index contributed by atoms with van der Waals surface area (Å²) < 4.78 is 16.5. The summed E-state index contributed by atoms with van der Waals surface area (Å²) in [6.45, 7) is 6.94. The van der Waals surface area contributed by atoms with Crippen LogP contribution in [0, 0.1) is 0 Å². The minimum absolute atomic E-state index is 0.0613. The Hall–Kier alpha value is -2.69. The van der Waals surface area contributed by atoms with Crippen LogP contribution in [0.2, 0.25) is 0 Å². The van der Waals surface area contributed by atoms with Gasteiger partial charge in [-0.3, -0.25) is 4.79 Å². The van der Waals surface area contributed by atoms with E-state index in [1.807, 2.05) is 63.2 Å². The van der Waals surface area contributed by atoms with Crippen LogP contribution >= 0.6 is 0 Å². The molecule has 0 bridgehead atoms. The standard InChI is InChI=1S/C21H27NO4/c1-5-25-19-12-11-16(13-20(19)26-6-2)15(3)22-21(23)14-17-9-7-8-10-18(17)24-4/h7-13,15H,5-6,14H2,1-4H3,(H,22,23). The van der Waals surface area contributed by atoms with Gasteiger partial charge >= 0.3 is 0 Å². The fourth-order valence-electron chi connectivity index (χ4n) is 2.73. The molecule has 0 aliphatic rings. The summed E-state index contributed by atoms with van der Waals surface area (Å²) in [5.74, 6) is 2.06. The number of methoxy groups -OCH3 is 1. The largest absolute Gasteiger partial charge is 0.496 e. The highest BCUT2D eigenvalue weighted by atomic mass is 16.5. The van der Waals surface area contributed by atoms with Gasteiger partial charge in [0.2, 0.25) is 5.91 Å². The van der Waals surface area contributed by atoms with Gasteiger partial charge in [-0.15, -0.1) is 0 Å². The smallest absolute Gasteiger partial charge is 0.225 e. The predicted octanol–water partition coefficient (Wildman–Crippen LogP) is 3.91. The van der Waals surface area contributed by atoms with Gasteiger partial charge in [0.15, 0.2) is 11.5 Å². The number of carbonyl (C=O) groups excluding carboxylic acids is 1. The van der Waals surface area contributed by atoms with Crippen LogP contribution in [0.15, 0.2) is 42.5 Å². The molecule has 0 spiro atoms. The van der Waals surface area contributed by atoms with Gasteiger partial charge in [-0.25, -0.2) is 0 Å². The number of ether oxygens (including phenoxy) is 3. The fourth-order valence-corrected chi connectivity index (χ4v) is 2.73. The third-order valence-corrected chi connectivity index (χ3v) is 3.99. The summed E-state index contributed by atoms with van der Waals surface area (Å²) in [5.41, 5.74) is 1.83. The molecule has 0 fully saturated rings. The summed E-state index contributed by atoms with van der Waals surface area (Å²) in [6.07, 6.45) is 0.268. The molecule has 0 saturated heterocycles. The van der Waals surface area contributed by atoms with E-state index in [0.717, 1.165) is 16.9 Å². The Labute approximate surface area is 155 Å². The highest BCUT2D eigenvalue weighted by Crippen LogP contribution is 2.30. The fraction of sp³-hybridized carbons (Fsp3) is 0.381. The summed E-state index contributed by atoms with van der Waals surface area (Å²) >= 11 is 0. The molecular weight excluding hydrogens is 330 g/mol. The third kappa shape index (κ3) is 5.15. The first-order chi connectivity index (χ1) is 12.6. The lowest BCUT2D eigenvalue weighted by molar-refractivity contribution is -0.121. The van der Waals surface area contributed by atoms with Crippen LogP contribution in [0.4, 0.5) is 0 Å². The number of nitrogens with one attached hydrogen (secondary N) is 1. The molecule has 1 amide bonds. The molecule has 1 atom stereocenters. The van der Waals surface area contributed by atoms with Gasteiger partial charge in [0, 0.05) is 5.56 Å². The Balaban J connectivity index is 2.07. The topological polar surface area (TPSA) is 56.8 Å². The molecule has 2 aromatic rings. The third-order valence-electron chi connectivity index (χ3n) is 3.99. The molecule has 5 heteroatoms. The SMILES string of the molecule is CCOc1ccc(C(C)NC(=O)Cc2ccccc2OC)cc1OCC. The predicted molar refractivity (Wildman–Crippen MR) is 102 cm³/mol. The molecule has 1 N–H and O–H groups in total. The number of hydrogen-bond acceptors (Lipinski definition) is 4. The van der Waals surface area contributed by atoms with Crippen LogP contribution < -0.4 is 19.5 Å². The van der Waals surface area contributed by atoms with Crippen molar-refractivity contribution in [2.24, 2.45) is 0 Å². The first-order valence-electron chi connectivity index (χ1n) is 8.89. The summed E-state index contributed by atoms with van der Waals surface area (Å²) in [4.78, 5) is 12.4. The first kappa shape index (κ1) is 19.6. The average Bonchev–Trinajstić information content (AvgIpc) is 2.63. The van der Waals surface area contributed by atoms with Crippen LogP contribution in [0.3, 0.4) is 0 Å². The van der Waals surface area contributed by atoms with Crippen molar-refractivity contribution >= 4 is 5.91 Å². The average molecular weight is 357 g/mol. The maximum atomic E-state index is 12.4. The van der Waals surface area contributed by atoms with Gasteiger partial charge < -0.3 is 19.5 Å². The van der Waals surface area contributed by atoms with Crippen molar-refractivity contribution in [3.05, 3.63) is 53.6 Å². The van der Waals surface area contributed by atoms with E-state index in [-0.39, 0.29) is 18.4 Å². The van der Waals surface area contributed by atoms with Crippen LogP contribution in [-0.2, 0) is 11.2 Å². The normalized spacial score (nSPS) is 11.5. The van der Waals surface area contributed by atoms with Crippen molar-refractivity contribution in [1.82, 2.24) is 5.32 Å². The van der Waals surface area contributed by atoms with Crippen LogP contribution in [-0.4, -0.2) is 26.2 Å². The lowest BCUT2D eigenvalue weighted by Crippen LogP contribution is -2.28. The number of hydrogen-bond donors (Lipinski definition) is 1. The number of benzene rings is 2. The van der Waals surface area contributed by atoms with Gasteiger partial charge in [0.25, 0.3) is 0 Å². The van der Waals surface area contributed by atoms with E-state index in [1.54, 1.807) is 7.11 Å². The van der Waals surface area contributed by atoms with Crippen molar-refractivity contribution in [3.8, 4) is 17.2 Å². The lowest BCUT2D eigenvalue weighted by Gasteiger charge is -2.18. The second-order valence-corrected chi connectivity index (χ2v) is 5.85. The van der Waals surface area contributed by atoms with E-state index in [2.05, 4.69) is 5.32 Å². The molecule has 0 aliphatic heterocycles. The first-order valence-corrected chi connectivity index (χ1v) is 8.89. The molecule has 0 aromatic heterocycles. The number of para-hydroxylation sites is 1. The Kier molecular flexibility index (Phi) is 7.33. The summed E-state index contributed by atoms with van der Waals surface area (Å²) in [6, 6.07) is 13.1. The zero-order chi connectivity index (χ0) is 18.9. The van der Waals surface area contributed by atoms with E-state index in [4.69, 9.17) is 14.2 Å². The van der Waals surface area contributed by atoms with Gasteiger partial charge in [-0.2, -0.15) is 0 Å². The van der Waals surface area contributed by atoms with E-state index < -0.39 is 0 Å². The van der Waals surface area contributed by atoms with Crippen molar-refractivity contribution in [1.29, 1.82) is 0 Å². The Morgan fingerprint density at radius 3 is 2.38 bits per heavy atom. The molecule has 26 heavy (non-hydrogen) atoms. The monoisotopic (exact) mass is 357 g/mol. The molecule has 5 nitrogen and oxygen atoms in total. The number of amides is 1. The molecule has 0 saturated carbocycles. The summed E-state index contributed by atoms with van der Waals surface area (Å²) in [7, 11) is 1.61. The Morgan fingerprint density at radius 1 is 1.00 bits per heavy atom. The van der Waals surface area contributed by atoms with Crippen molar-refractivity contribution in [3.63, 3.8) is 0 Å². The Morgan fingerprint density at radius 2 is 1.69 bits per heavy atom. The molecule has 140 valence electrons. The highest BCUT2D eigenvalue weighted by Gasteiger charge is 2.15. The molecule has 2 aromatic carbocycles. The summed E-state index contributed by atoms with van der Waals surface area (Å²) in [5, 5.41) is 3.03. The van der Waals surface area contributed by atoms with Crippen molar-refractivity contribution < 1.29 is 19.0 Å². The van der Waals surface area contributed by atoms with Crippen LogP contribution in [0.5, 0.6) is 17.2 Å².